The maximum atomic E-state index is 12.8. The summed E-state index contributed by atoms with van der Waals surface area (Å²) in [6.45, 7) is 5.67. The average Bonchev–Trinajstić information content (AvgIpc) is 2.95. The lowest BCUT2D eigenvalue weighted by Gasteiger charge is -2.24. The van der Waals surface area contributed by atoms with Gasteiger partial charge in [-0.25, -0.2) is 0 Å². The van der Waals surface area contributed by atoms with Gasteiger partial charge >= 0.3 is 11.9 Å². The minimum absolute atomic E-state index is 0.394. The molecule has 0 bridgehead atoms. The van der Waals surface area contributed by atoms with E-state index < -0.39 is 41.1 Å². The molecule has 0 aromatic heterocycles. The molecule has 1 aromatic rings. The fourth-order valence-corrected chi connectivity index (χ4v) is 3.23. The molecule has 1 heterocycles. The highest BCUT2D eigenvalue weighted by Gasteiger charge is 2.52. The molecular weight excluding hydrogens is 364 g/mol. The Hall–Kier alpha value is -2.90. The number of hydrogen-bond donors (Lipinski definition) is 1. The van der Waals surface area contributed by atoms with Gasteiger partial charge in [0.1, 0.15) is 11.6 Å². The van der Waals surface area contributed by atoms with Crippen LogP contribution in [-0.2, 0) is 23.9 Å². The second kappa shape index (κ2) is 8.41. The number of carbonyl (C=O) groups is 3. The van der Waals surface area contributed by atoms with Gasteiger partial charge < -0.3 is 19.5 Å². The van der Waals surface area contributed by atoms with E-state index in [9.17, 15) is 14.4 Å². The molecule has 1 saturated heterocycles. The van der Waals surface area contributed by atoms with E-state index in [1.54, 1.807) is 31.4 Å². The molecule has 2 atom stereocenters. The second-order valence-corrected chi connectivity index (χ2v) is 7.46. The number of aliphatic imine (C=N–C) groups is 1. The van der Waals surface area contributed by atoms with Crippen molar-refractivity contribution in [2.45, 2.75) is 32.2 Å². The first-order valence-electron chi connectivity index (χ1n) is 8.83. The molecule has 2 unspecified atom stereocenters. The van der Waals surface area contributed by atoms with Gasteiger partial charge in [-0.2, -0.15) is 0 Å². The van der Waals surface area contributed by atoms with Crippen LogP contribution in [0.15, 0.2) is 29.3 Å². The highest BCUT2D eigenvalue weighted by molar-refractivity contribution is 6.14. The topological polar surface area (TPSA) is 103 Å². The third kappa shape index (κ3) is 4.49. The van der Waals surface area contributed by atoms with Crippen LogP contribution in [0.4, 0.5) is 0 Å². The van der Waals surface area contributed by atoms with Gasteiger partial charge in [-0.3, -0.25) is 19.4 Å². The van der Waals surface area contributed by atoms with E-state index >= 15 is 0 Å². The van der Waals surface area contributed by atoms with Crippen molar-refractivity contribution < 1.29 is 28.6 Å². The molecule has 1 N–H and O–H groups in total. The molecule has 8 nitrogen and oxygen atoms in total. The number of methoxy groups -OCH3 is 3. The zero-order chi connectivity index (χ0) is 21.1. The maximum absolute atomic E-state index is 12.8. The van der Waals surface area contributed by atoms with E-state index in [1.165, 1.54) is 0 Å². The van der Waals surface area contributed by atoms with Crippen LogP contribution in [0.1, 0.15) is 32.3 Å². The SMILES string of the molecule is COC(=O)C(C(=O)OC)C1C(=O)NC(=NC(C)(C)C)C1c1ccc(OC)cc1. The molecule has 1 aliphatic heterocycles. The number of ether oxygens (including phenoxy) is 3. The van der Waals surface area contributed by atoms with Crippen molar-refractivity contribution >= 4 is 23.7 Å². The van der Waals surface area contributed by atoms with E-state index in [0.29, 0.717) is 17.1 Å². The van der Waals surface area contributed by atoms with E-state index in [2.05, 4.69) is 10.3 Å². The number of benzene rings is 1. The van der Waals surface area contributed by atoms with Crippen molar-refractivity contribution in [3.8, 4) is 5.75 Å². The fraction of sp³-hybridized carbons (Fsp3) is 0.500. The molecular formula is C20H26N2O6. The van der Waals surface area contributed by atoms with Crippen molar-refractivity contribution in [3.05, 3.63) is 29.8 Å². The molecule has 0 aliphatic carbocycles. The summed E-state index contributed by atoms with van der Waals surface area (Å²) in [5, 5.41) is 2.74. The van der Waals surface area contributed by atoms with Gasteiger partial charge in [0.15, 0.2) is 5.92 Å². The largest absolute Gasteiger partial charge is 0.497 e. The normalized spacial score (nSPS) is 20.8. The Labute approximate surface area is 164 Å². The van der Waals surface area contributed by atoms with E-state index in [-0.39, 0.29) is 0 Å². The second-order valence-electron chi connectivity index (χ2n) is 7.46. The van der Waals surface area contributed by atoms with Crippen LogP contribution in [-0.4, -0.2) is 50.5 Å². The van der Waals surface area contributed by atoms with Gasteiger partial charge in [-0.05, 0) is 38.5 Å². The van der Waals surface area contributed by atoms with Crippen LogP contribution in [0.25, 0.3) is 0 Å². The van der Waals surface area contributed by atoms with Crippen molar-refractivity contribution in [1.82, 2.24) is 5.32 Å². The summed E-state index contributed by atoms with van der Waals surface area (Å²) < 4.78 is 14.7. The van der Waals surface area contributed by atoms with Crippen LogP contribution in [0, 0.1) is 11.8 Å². The third-order valence-corrected chi connectivity index (χ3v) is 4.41. The Morgan fingerprint density at radius 3 is 2.00 bits per heavy atom. The molecule has 8 heteroatoms. The number of rotatable bonds is 5. The molecule has 1 amide bonds. The lowest BCUT2D eigenvalue weighted by atomic mass is 9.79. The summed E-state index contributed by atoms with van der Waals surface area (Å²) in [6, 6.07) is 7.05. The Kier molecular flexibility index (Phi) is 6.43. The Morgan fingerprint density at radius 1 is 1.04 bits per heavy atom. The number of amidine groups is 1. The van der Waals surface area contributed by atoms with Crippen LogP contribution in [0.5, 0.6) is 5.75 Å². The number of amides is 1. The first kappa shape index (κ1) is 21.4. The lowest BCUT2D eigenvalue weighted by molar-refractivity contribution is -0.163. The zero-order valence-corrected chi connectivity index (χ0v) is 16.9. The number of hydrogen-bond acceptors (Lipinski definition) is 7. The molecule has 1 fully saturated rings. The van der Waals surface area contributed by atoms with Gasteiger partial charge in [0.2, 0.25) is 5.91 Å². The summed E-state index contributed by atoms with van der Waals surface area (Å²) in [5.74, 6) is -4.20. The smallest absolute Gasteiger partial charge is 0.320 e. The summed E-state index contributed by atoms with van der Waals surface area (Å²) in [4.78, 5) is 42.1. The monoisotopic (exact) mass is 390 g/mol. The highest BCUT2D eigenvalue weighted by atomic mass is 16.5. The van der Waals surface area contributed by atoms with Gasteiger partial charge in [0, 0.05) is 0 Å². The minimum atomic E-state index is -1.41. The molecule has 1 aromatic carbocycles. The quantitative estimate of drug-likeness (QED) is 0.606. The Balaban J connectivity index is 2.62. The van der Waals surface area contributed by atoms with Crippen LogP contribution in [0.3, 0.4) is 0 Å². The van der Waals surface area contributed by atoms with Crippen molar-refractivity contribution in [2.24, 2.45) is 16.8 Å². The third-order valence-electron chi connectivity index (χ3n) is 4.41. The number of nitrogens with zero attached hydrogens (tertiary/aromatic N) is 1. The first-order chi connectivity index (χ1) is 13.1. The summed E-state index contributed by atoms with van der Waals surface area (Å²) in [6.07, 6.45) is 0. The molecule has 2 rings (SSSR count). The Morgan fingerprint density at radius 2 is 1.57 bits per heavy atom. The van der Waals surface area contributed by atoms with Crippen LogP contribution < -0.4 is 10.1 Å². The van der Waals surface area contributed by atoms with Crippen molar-refractivity contribution in [2.75, 3.05) is 21.3 Å². The zero-order valence-electron chi connectivity index (χ0n) is 16.9. The van der Waals surface area contributed by atoms with E-state index in [4.69, 9.17) is 14.2 Å². The highest BCUT2D eigenvalue weighted by Crippen LogP contribution is 2.38. The number of carbonyl (C=O) groups excluding carboxylic acids is 3. The molecule has 28 heavy (non-hydrogen) atoms. The fourth-order valence-electron chi connectivity index (χ4n) is 3.23. The molecule has 0 spiro atoms. The maximum Gasteiger partial charge on any atom is 0.320 e. The van der Waals surface area contributed by atoms with Crippen LogP contribution in [0.2, 0.25) is 0 Å². The summed E-state index contributed by atoms with van der Waals surface area (Å²) >= 11 is 0. The number of nitrogens with one attached hydrogen (secondary N) is 1. The minimum Gasteiger partial charge on any atom is -0.497 e. The predicted octanol–water partition coefficient (Wildman–Crippen LogP) is 1.68. The van der Waals surface area contributed by atoms with E-state index in [0.717, 1.165) is 14.2 Å². The average molecular weight is 390 g/mol. The van der Waals surface area contributed by atoms with E-state index in [1.807, 2.05) is 20.8 Å². The van der Waals surface area contributed by atoms with Gasteiger partial charge in [0.25, 0.3) is 0 Å². The summed E-state index contributed by atoms with van der Waals surface area (Å²) in [5.41, 5.74) is 0.235. The standard InChI is InChI=1S/C20H26N2O6/c1-20(2,3)22-16-13(11-7-9-12(26-4)10-8-11)14(17(23)21-16)15(18(24)27-5)19(25)28-6/h7-10,13-15H,1-6H3,(H,21,22,23). The lowest BCUT2D eigenvalue weighted by Crippen LogP contribution is -2.39. The number of esters is 2. The van der Waals surface area contributed by atoms with Crippen molar-refractivity contribution in [3.63, 3.8) is 0 Å². The molecule has 1 aliphatic rings. The van der Waals surface area contributed by atoms with Gasteiger partial charge in [-0.1, -0.05) is 12.1 Å². The summed E-state index contributed by atoms with van der Waals surface area (Å²) in [7, 11) is 3.88. The molecule has 0 saturated carbocycles. The van der Waals surface area contributed by atoms with Crippen LogP contribution >= 0.6 is 0 Å². The predicted molar refractivity (Wildman–Crippen MR) is 102 cm³/mol. The first-order valence-corrected chi connectivity index (χ1v) is 8.83. The van der Waals surface area contributed by atoms with Gasteiger partial charge in [0.05, 0.1) is 38.7 Å². The Bertz CT molecular complexity index is 763. The molecule has 0 radical (unpaired) electrons. The molecule has 152 valence electrons. The van der Waals surface area contributed by atoms with Gasteiger partial charge in [-0.15, -0.1) is 0 Å². The van der Waals surface area contributed by atoms with Crippen molar-refractivity contribution in [1.29, 1.82) is 0 Å².